The van der Waals surface area contributed by atoms with Crippen LogP contribution in [0.3, 0.4) is 0 Å². The zero-order valence-electron chi connectivity index (χ0n) is 13.5. The molecule has 0 unspecified atom stereocenters. The molecule has 1 fully saturated rings. The Labute approximate surface area is 141 Å². The molecule has 0 amide bonds. The molecule has 130 valence electrons. The molecule has 1 aliphatic carbocycles. The number of nitrogens with zero attached hydrogens (tertiary/aromatic N) is 3. The fourth-order valence-corrected chi connectivity index (χ4v) is 3.29. The van der Waals surface area contributed by atoms with Gasteiger partial charge in [-0.2, -0.15) is 13.2 Å². The van der Waals surface area contributed by atoms with Gasteiger partial charge in [0, 0.05) is 30.6 Å². The number of imidazole rings is 1. The second-order valence-corrected chi connectivity index (χ2v) is 6.70. The van der Waals surface area contributed by atoms with E-state index in [0.29, 0.717) is 12.2 Å². The molecular weight excluding hydrogens is 331 g/mol. The first-order valence-electron chi connectivity index (χ1n) is 8.01. The Morgan fingerprint density at radius 3 is 2.44 bits per heavy atom. The Morgan fingerprint density at radius 1 is 1.16 bits per heavy atom. The molecule has 0 bridgehead atoms. The maximum absolute atomic E-state index is 12.7. The molecule has 0 atom stereocenters. The SMILES string of the molecule is Cc1cn2ccn(CC3(c4ccc(C(F)(F)F)cc4)CC3)c(=O)c2n1. The molecule has 0 saturated heterocycles. The van der Waals surface area contributed by atoms with E-state index < -0.39 is 11.7 Å². The van der Waals surface area contributed by atoms with Crippen molar-refractivity contribution >= 4 is 5.65 Å². The predicted molar refractivity (Wildman–Crippen MR) is 86.5 cm³/mol. The fraction of sp³-hybridized carbons (Fsp3) is 0.333. The molecule has 0 N–H and O–H groups in total. The predicted octanol–water partition coefficient (Wildman–Crippen LogP) is 3.56. The van der Waals surface area contributed by atoms with Gasteiger partial charge in [0.05, 0.1) is 11.3 Å². The van der Waals surface area contributed by atoms with Crippen LogP contribution in [-0.2, 0) is 18.1 Å². The zero-order valence-corrected chi connectivity index (χ0v) is 13.5. The zero-order chi connectivity index (χ0) is 17.8. The number of hydrogen-bond donors (Lipinski definition) is 0. The highest BCUT2D eigenvalue weighted by molar-refractivity contribution is 5.38. The molecule has 1 aliphatic rings. The smallest absolute Gasteiger partial charge is 0.310 e. The van der Waals surface area contributed by atoms with E-state index in [-0.39, 0.29) is 11.0 Å². The molecule has 25 heavy (non-hydrogen) atoms. The van der Waals surface area contributed by atoms with E-state index in [0.717, 1.165) is 36.2 Å². The Bertz CT molecular complexity index is 995. The van der Waals surface area contributed by atoms with Crippen molar-refractivity contribution in [3.8, 4) is 0 Å². The first-order valence-corrected chi connectivity index (χ1v) is 8.01. The lowest BCUT2D eigenvalue weighted by atomic mass is 9.94. The lowest BCUT2D eigenvalue weighted by Crippen LogP contribution is -2.27. The molecule has 2 heterocycles. The molecule has 7 heteroatoms. The molecule has 1 saturated carbocycles. The Balaban J connectivity index is 1.66. The second kappa shape index (κ2) is 5.21. The number of halogens is 3. The van der Waals surface area contributed by atoms with Crippen LogP contribution >= 0.6 is 0 Å². The van der Waals surface area contributed by atoms with Crippen molar-refractivity contribution < 1.29 is 13.2 Å². The lowest BCUT2D eigenvalue weighted by molar-refractivity contribution is -0.137. The molecule has 4 rings (SSSR count). The van der Waals surface area contributed by atoms with Crippen LogP contribution in [0.4, 0.5) is 13.2 Å². The number of alkyl halides is 3. The Kier molecular flexibility index (Phi) is 3.32. The summed E-state index contributed by atoms with van der Waals surface area (Å²) in [6, 6.07) is 5.27. The van der Waals surface area contributed by atoms with E-state index in [1.165, 1.54) is 12.1 Å². The summed E-state index contributed by atoms with van der Waals surface area (Å²) < 4.78 is 41.5. The molecule has 4 nitrogen and oxygen atoms in total. The van der Waals surface area contributed by atoms with Crippen molar-refractivity contribution in [3.63, 3.8) is 0 Å². The summed E-state index contributed by atoms with van der Waals surface area (Å²) >= 11 is 0. The standard InChI is InChI=1S/C18H16F3N3O/c1-12-10-23-8-9-24(16(25)15(23)22-12)11-17(6-7-17)13-2-4-14(5-3-13)18(19,20)21/h2-5,8-10H,6-7,11H2,1H3. The maximum Gasteiger partial charge on any atom is 0.416 e. The van der Waals surface area contributed by atoms with Gasteiger partial charge in [-0.25, -0.2) is 4.98 Å². The van der Waals surface area contributed by atoms with Gasteiger partial charge >= 0.3 is 6.18 Å². The largest absolute Gasteiger partial charge is 0.416 e. The average Bonchev–Trinajstić information content (AvgIpc) is 3.24. The quantitative estimate of drug-likeness (QED) is 0.727. The Morgan fingerprint density at radius 2 is 1.84 bits per heavy atom. The normalized spacial score (nSPS) is 16.3. The van der Waals surface area contributed by atoms with Crippen LogP contribution in [0.25, 0.3) is 5.65 Å². The van der Waals surface area contributed by atoms with Crippen LogP contribution < -0.4 is 5.56 Å². The van der Waals surface area contributed by atoms with Gasteiger partial charge in [-0.1, -0.05) is 12.1 Å². The van der Waals surface area contributed by atoms with E-state index in [1.807, 2.05) is 6.92 Å². The van der Waals surface area contributed by atoms with Crippen molar-refractivity contribution in [3.05, 3.63) is 70.0 Å². The summed E-state index contributed by atoms with van der Waals surface area (Å²) in [4.78, 5) is 16.8. The van der Waals surface area contributed by atoms with E-state index >= 15 is 0 Å². The van der Waals surface area contributed by atoms with Crippen LogP contribution in [0.2, 0.25) is 0 Å². The highest BCUT2D eigenvalue weighted by atomic mass is 19.4. The molecule has 0 spiro atoms. The maximum atomic E-state index is 12.7. The summed E-state index contributed by atoms with van der Waals surface area (Å²) in [5, 5.41) is 0. The van der Waals surface area contributed by atoms with Crippen molar-refractivity contribution in [2.75, 3.05) is 0 Å². The molecule has 0 radical (unpaired) electrons. The molecular formula is C18H16F3N3O. The monoisotopic (exact) mass is 347 g/mol. The average molecular weight is 347 g/mol. The van der Waals surface area contributed by atoms with E-state index in [2.05, 4.69) is 4.98 Å². The summed E-state index contributed by atoms with van der Waals surface area (Å²) in [7, 11) is 0. The minimum absolute atomic E-state index is 0.186. The number of hydrogen-bond acceptors (Lipinski definition) is 2. The van der Waals surface area contributed by atoms with Crippen molar-refractivity contribution in [1.82, 2.24) is 14.0 Å². The number of fused-ring (bicyclic) bond motifs is 1. The highest BCUT2D eigenvalue weighted by Crippen LogP contribution is 2.49. The Hall–Kier alpha value is -2.57. The van der Waals surface area contributed by atoms with Gasteiger partial charge in [0.15, 0.2) is 0 Å². The second-order valence-electron chi connectivity index (χ2n) is 6.70. The van der Waals surface area contributed by atoms with Crippen molar-refractivity contribution in [2.24, 2.45) is 0 Å². The minimum Gasteiger partial charge on any atom is -0.310 e. The van der Waals surface area contributed by atoms with Gasteiger partial charge in [-0.3, -0.25) is 4.79 Å². The van der Waals surface area contributed by atoms with Crippen molar-refractivity contribution in [1.29, 1.82) is 0 Å². The first kappa shape index (κ1) is 15.9. The first-order chi connectivity index (χ1) is 11.8. The third-order valence-electron chi connectivity index (χ3n) is 4.86. The van der Waals surface area contributed by atoms with Gasteiger partial charge in [-0.15, -0.1) is 0 Å². The third kappa shape index (κ3) is 2.73. The van der Waals surface area contributed by atoms with Crippen LogP contribution in [0.15, 0.2) is 47.7 Å². The summed E-state index contributed by atoms with van der Waals surface area (Å²) in [5.74, 6) is 0. The third-order valence-corrected chi connectivity index (χ3v) is 4.86. The number of rotatable bonds is 3. The summed E-state index contributed by atoms with van der Waals surface area (Å²) in [6.07, 6.45) is 2.63. The van der Waals surface area contributed by atoms with Gasteiger partial charge < -0.3 is 8.97 Å². The van der Waals surface area contributed by atoms with Gasteiger partial charge in [0.2, 0.25) is 5.65 Å². The lowest BCUT2D eigenvalue weighted by Gasteiger charge is -2.18. The van der Waals surface area contributed by atoms with E-state index in [1.54, 1.807) is 27.6 Å². The van der Waals surface area contributed by atoms with E-state index in [4.69, 9.17) is 0 Å². The number of aryl methyl sites for hydroxylation is 1. The van der Waals surface area contributed by atoms with E-state index in [9.17, 15) is 18.0 Å². The van der Waals surface area contributed by atoms with Crippen molar-refractivity contribution in [2.45, 2.75) is 37.9 Å². The minimum atomic E-state index is -4.34. The van der Waals surface area contributed by atoms with Gasteiger partial charge in [0.1, 0.15) is 0 Å². The molecule has 3 aromatic rings. The highest BCUT2D eigenvalue weighted by Gasteiger charge is 2.45. The fourth-order valence-electron chi connectivity index (χ4n) is 3.29. The number of benzene rings is 1. The van der Waals surface area contributed by atoms with Gasteiger partial charge in [0.25, 0.3) is 5.56 Å². The summed E-state index contributed by atoms with van der Waals surface area (Å²) in [6.45, 7) is 2.26. The summed E-state index contributed by atoms with van der Waals surface area (Å²) in [5.41, 5.74) is 0.856. The van der Waals surface area contributed by atoms with Gasteiger partial charge in [-0.05, 0) is 37.5 Å². The van der Waals surface area contributed by atoms with Crippen LogP contribution in [0, 0.1) is 6.92 Å². The molecule has 0 aliphatic heterocycles. The van der Waals surface area contributed by atoms with Crippen LogP contribution in [-0.4, -0.2) is 14.0 Å². The molecule has 1 aromatic carbocycles. The number of aromatic nitrogens is 3. The molecule has 2 aromatic heterocycles. The van der Waals surface area contributed by atoms with Crippen LogP contribution in [0.1, 0.15) is 29.7 Å². The van der Waals surface area contributed by atoms with Crippen LogP contribution in [0.5, 0.6) is 0 Å². The topological polar surface area (TPSA) is 39.3 Å².